The van der Waals surface area contributed by atoms with Gasteiger partial charge in [-0.3, -0.25) is 0 Å². The topological polar surface area (TPSA) is 77.6 Å². The highest BCUT2D eigenvalue weighted by Gasteiger charge is 2.05. The van der Waals surface area contributed by atoms with Crippen LogP contribution in [0.2, 0.25) is 0 Å². The molecule has 0 bridgehead atoms. The minimum Gasteiger partial charge on any atom is -0.381 e. The second-order valence-electron chi connectivity index (χ2n) is 2.55. The molecule has 2 N–H and O–H groups in total. The number of halogens is 1. The minimum atomic E-state index is -0.634. The predicted octanol–water partition coefficient (Wildman–Crippen LogP) is 0.655. The van der Waals surface area contributed by atoms with Crippen LogP contribution >= 0.6 is 0 Å². The maximum Gasteiger partial charge on any atom is 0.183 e. The van der Waals surface area contributed by atoms with E-state index in [0.717, 1.165) is 6.20 Å². The van der Waals surface area contributed by atoms with E-state index in [1.165, 1.54) is 18.7 Å². The first kappa shape index (κ1) is 8.49. The Morgan fingerprint density at radius 3 is 2.50 bits per heavy atom. The molecule has 0 aliphatic rings. The molecule has 14 heavy (non-hydrogen) atoms. The molecule has 0 saturated heterocycles. The zero-order chi connectivity index (χ0) is 9.97. The van der Waals surface area contributed by atoms with Crippen molar-refractivity contribution in [3.63, 3.8) is 0 Å². The van der Waals surface area contributed by atoms with Crippen LogP contribution in [0.5, 0.6) is 0 Å². The van der Waals surface area contributed by atoms with E-state index < -0.39 is 5.82 Å². The average Bonchev–Trinajstić information content (AvgIpc) is 2.23. The predicted molar refractivity (Wildman–Crippen MR) is 47.4 cm³/mol. The van der Waals surface area contributed by atoms with E-state index in [-0.39, 0.29) is 5.82 Å². The third-order valence-electron chi connectivity index (χ3n) is 1.59. The second-order valence-corrected chi connectivity index (χ2v) is 2.55. The minimum absolute atomic E-state index is 0.182. The van der Waals surface area contributed by atoms with Crippen LogP contribution in [0.3, 0.4) is 0 Å². The van der Waals surface area contributed by atoms with Gasteiger partial charge in [0.15, 0.2) is 17.5 Å². The molecule has 5 nitrogen and oxygen atoms in total. The summed E-state index contributed by atoms with van der Waals surface area (Å²) in [6, 6.07) is 0. The molecular weight excluding hydrogens is 185 g/mol. The fourth-order valence-electron chi connectivity index (χ4n) is 0.934. The van der Waals surface area contributed by atoms with Gasteiger partial charge in [-0.25, -0.2) is 24.3 Å². The molecule has 2 aromatic heterocycles. The molecule has 6 heteroatoms. The normalized spacial score (nSPS) is 10.1. The van der Waals surface area contributed by atoms with E-state index in [2.05, 4.69) is 19.9 Å². The van der Waals surface area contributed by atoms with Crippen molar-refractivity contribution < 1.29 is 4.39 Å². The van der Waals surface area contributed by atoms with Gasteiger partial charge in [0.05, 0.1) is 11.8 Å². The Bertz CT molecular complexity index is 445. The van der Waals surface area contributed by atoms with Crippen molar-refractivity contribution in [2.75, 3.05) is 5.73 Å². The van der Waals surface area contributed by atoms with E-state index >= 15 is 0 Å². The number of hydrogen-bond acceptors (Lipinski definition) is 5. The van der Waals surface area contributed by atoms with Crippen LogP contribution in [0.4, 0.5) is 10.2 Å². The Morgan fingerprint density at radius 1 is 1.14 bits per heavy atom. The van der Waals surface area contributed by atoms with Crippen LogP contribution < -0.4 is 5.73 Å². The molecular formula is C8H6FN5. The van der Waals surface area contributed by atoms with Gasteiger partial charge in [-0.2, -0.15) is 0 Å². The summed E-state index contributed by atoms with van der Waals surface area (Å²) in [6.45, 7) is 0. The summed E-state index contributed by atoms with van der Waals surface area (Å²) in [5, 5.41) is 0. The van der Waals surface area contributed by atoms with Crippen molar-refractivity contribution in [3.05, 3.63) is 30.7 Å². The van der Waals surface area contributed by atoms with Crippen LogP contribution in [0, 0.1) is 5.82 Å². The molecule has 0 amide bonds. The van der Waals surface area contributed by atoms with Crippen molar-refractivity contribution in [3.8, 4) is 11.4 Å². The molecule has 0 radical (unpaired) electrons. The van der Waals surface area contributed by atoms with E-state index in [1.54, 1.807) is 0 Å². The SMILES string of the molecule is Nc1nc(-c2cncnc2)ncc1F. The maximum absolute atomic E-state index is 12.7. The second kappa shape index (κ2) is 3.33. The summed E-state index contributed by atoms with van der Waals surface area (Å²) in [5.74, 6) is -0.506. The molecule has 0 aliphatic heterocycles. The summed E-state index contributed by atoms with van der Waals surface area (Å²) in [7, 11) is 0. The van der Waals surface area contributed by atoms with E-state index in [4.69, 9.17) is 5.73 Å². The van der Waals surface area contributed by atoms with Gasteiger partial charge in [0.25, 0.3) is 0 Å². The van der Waals surface area contributed by atoms with Crippen LogP contribution in [-0.2, 0) is 0 Å². The highest BCUT2D eigenvalue weighted by molar-refractivity contribution is 5.53. The quantitative estimate of drug-likeness (QED) is 0.716. The summed E-state index contributed by atoms with van der Waals surface area (Å²) in [6.07, 6.45) is 5.46. The largest absolute Gasteiger partial charge is 0.381 e. The van der Waals surface area contributed by atoms with Crippen molar-refractivity contribution in [2.45, 2.75) is 0 Å². The maximum atomic E-state index is 12.7. The Balaban J connectivity index is 2.48. The lowest BCUT2D eigenvalue weighted by atomic mass is 10.3. The molecule has 0 spiro atoms. The fraction of sp³-hybridized carbons (Fsp3) is 0. The molecule has 70 valence electrons. The zero-order valence-electron chi connectivity index (χ0n) is 7.05. The number of nitrogens with zero attached hydrogens (tertiary/aromatic N) is 4. The number of aromatic nitrogens is 4. The Morgan fingerprint density at radius 2 is 1.86 bits per heavy atom. The molecule has 0 aromatic carbocycles. The third-order valence-corrected chi connectivity index (χ3v) is 1.59. The third kappa shape index (κ3) is 1.49. The van der Waals surface area contributed by atoms with Gasteiger partial charge in [0.1, 0.15) is 6.33 Å². The van der Waals surface area contributed by atoms with Gasteiger partial charge in [-0.1, -0.05) is 0 Å². The first-order chi connectivity index (χ1) is 6.77. The monoisotopic (exact) mass is 191 g/mol. The summed E-state index contributed by atoms with van der Waals surface area (Å²) >= 11 is 0. The van der Waals surface area contributed by atoms with Crippen LogP contribution in [-0.4, -0.2) is 19.9 Å². The molecule has 2 aromatic rings. The van der Waals surface area contributed by atoms with Crippen molar-refractivity contribution in [1.29, 1.82) is 0 Å². The smallest absolute Gasteiger partial charge is 0.183 e. The van der Waals surface area contributed by atoms with E-state index in [9.17, 15) is 4.39 Å². The van der Waals surface area contributed by atoms with Crippen molar-refractivity contribution in [1.82, 2.24) is 19.9 Å². The molecule has 0 atom stereocenters. The number of nitrogens with two attached hydrogens (primary N) is 1. The number of hydrogen-bond donors (Lipinski definition) is 1. The van der Waals surface area contributed by atoms with Crippen LogP contribution in [0.25, 0.3) is 11.4 Å². The molecule has 2 rings (SSSR count). The Hall–Kier alpha value is -2.11. The standard InChI is InChI=1S/C8H6FN5/c9-6-3-13-8(14-7(6)10)5-1-11-4-12-2-5/h1-4H,(H2,10,13,14). The van der Waals surface area contributed by atoms with Gasteiger partial charge >= 0.3 is 0 Å². The Labute approximate surface area is 78.9 Å². The van der Waals surface area contributed by atoms with Gasteiger partial charge in [0.2, 0.25) is 0 Å². The molecule has 0 saturated carbocycles. The highest BCUT2D eigenvalue weighted by Crippen LogP contribution is 2.13. The lowest BCUT2D eigenvalue weighted by Gasteiger charge is -1.99. The van der Waals surface area contributed by atoms with Gasteiger partial charge < -0.3 is 5.73 Å². The van der Waals surface area contributed by atoms with Crippen molar-refractivity contribution >= 4 is 5.82 Å². The highest BCUT2D eigenvalue weighted by atomic mass is 19.1. The fourth-order valence-corrected chi connectivity index (χ4v) is 0.934. The lowest BCUT2D eigenvalue weighted by molar-refractivity contribution is 0.620. The molecule has 0 unspecified atom stereocenters. The van der Waals surface area contributed by atoms with Gasteiger partial charge in [0, 0.05) is 12.4 Å². The number of anilines is 1. The molecule has 0 aliphatic carbocycles. The summed E-state index contributed by atoms with van der Waals surface area (Å²) < 4.78 is 12.7. The van der Waals surface area contributed by atoms with Crippen LogP contribution in [0.1, 0.15) is 0 Å². The molecule has 0 fully saturated rings. The number of rotatable bonds is 1. The van der Waals surface area contributed by atoms with Crippen molar-refractivity contribution in [2.24, 2.45) is 0 Å². The summed E-state index contributed by atoms with van der Waals surface area (Å²) in [4.78, 5) is 15.1. The van der Waals surface area contributed by atoms with Gasteiger partial charge in [-0.15, -0.1) is 0 Å². The van der Waals surface area contributed by atoms with E-state index in [0.29, 0.717) is 11.4 Å². The first-order valence-corrected chi connectivity index (χ1v) is 3.81. The number of nitrogen functional groups attached to an aromatic ring is 1. The first-order valence-electron chi connectivity index (χ1n) is 3.81. The van der Waals surface area contributed by atoms with Gasteiger partial charge in [-0.05, 0) is 0 Å². The van der Waals surface area contributed by atoms with E-state index in [1.807, 2.05) is 0 Å². The molecule has 2 heterocycles. The Kier molecular flexibility index (Phi) is 2.02. The lowest BCUT2D eigenvalue weighted by Crippen LogP contribution is -1.99. The zero-order valence-corrected chi connectivity index (χ0v) is 7.05. The van der Waals surface area contributed by atoms with Crippen LogP contribution in [0.15, 0.2) is 24.9 Å². The average molecular weight is 191 g/mol. The summed E-state index contributed by atoms with van der Waals surface area (Å²) in [5.41, 5.74) is 5.89.